The Morgan fingerprint density at radius 3 is 2.31 bits per heavy atom. The van der Waals surface area contributed by atoms with Gasteiger partial charge in [0, 0.05) is 19.5 Å². The first-order chi connectivity index (χ1) is 18.6. The van der Waals surface area contributed by atoms with Gasteiger partial charge in [-0.15, -0.1) is 0 Å². The van der Waals surface area contributed by atoms with Gasteiger partial charge in [-0.05, 0) is 41.8 Å². The fourth-order valence-electron chi connectivity index (χ4n) is 4.36. The summed E-state index contributed by atoms with van der Waals surface area (Å²) < 4.78 is 26.9. The summed E-state index contributed by atoms with van der Waals surface area (Å²) in [7, 11) is -4.23. The van der Waals surface area contributed by atoms with Crippen LogP contribution in [0.5, 0.6) is 0 Å². The van der Waals surface area contributed by atoms with Gasteiger partial charge in [-0.3, -0.25) is 14.4 Å². The maximum atomic E-state index is 13.9. The van der Waals surface area contributed by atoms with Gasteiger partial charge in [0.15, 0.2) is 0 Å². The van der Waals surface area contributed by atoms with Crippen molar-refractivity contribution in [3.05, 3.63) is 99.5 Å². The number of nitrogens with one attached hydrogen (secondary N) is 1. The fraction of sp³-hybridized carbons (Fsp3) is 0.250. The zero-order chi connectivity index (χ0) is 28.2. The van der Waals surface area contributed by atoms with Crippen molar-refractivity contribution in [2.75, 3.05) is 13.1 Å². The molecule has 1 aliphatic rings. The van der Waals surface area contributed by atoms with E-state index in [4.69, 9.17) is 23.2 Å². The van der Waals surface area contributed by atoms with Crippen LogP contribution in [0.2, 0.25) is 10.0 Å². The molecule has 0 fully saturated rings. The highest BCUT2D eigenvalue weighted by atomic mass is 35.5. The molecule has 3 aromatic carbocycles. The van der Waals surface area contributed by atoms with Crippen molar-refractivity contribution in [1.82, 2.24) is 14.5 Å². The van der Waals surface area contributed by atoms with Crippen molar-refractivity contribution in [3.63, 3.8) is 0 Å². The lowest BCUT2D eigenvalue weighted by Gasteiger charge is -2.32. The van der Waals surface area contributed by atoms with E-state index in [2.05, 4.69) is 5.32 Å². The van der Waals surface area contributed by atoms with E-state index >= 15 is 0 Å². The van der Waals surface area contributed by atoms with Gasteiger partial charge >= 0.3 is 0 Å². The van der Waals surface area contributed by atoms with E-state index in [0.717, 1.165) is 5.56 Å². The van der Waals surface area contributed by atoms with E-state index in [1.54, 1.807) is 24.3 Å². The Labute approximate surface area is 237 Å². The Kier molecular flexibility index (Phi) is 8.94. The van der Waals surface area contributed by atoms with Crippen LogP contribution in [0.1, 0.15) is 34.8 Å². The van der Waals surface area contributed by atoms with Crippen LogP contribution in [0.15, 0.2) is 77.7 Å². The molecule has 4 rings (SSSR count). The van der Waals surface area contributed by atoms with Gasteiger partial charge in [-0.1, -0.05) is 78.7 Å². The third-order valence-electron chi connectivity index (χ3n) is 6.35. The van der Waals surface area contributed by atoms with E-state index in [-0.39, 0.29) is 28.4 Å². The molecule has 11 heteroatoms. The summed E-state index contributed by atoms with van der Waals surface area (Å²) in [4.78, 5) is 41.5. The van der Waals surface area contributed by atoms with E-state index in [1.807, 2.05) is 37.3 Å². The number of hydrogen-bond donors (Lipinski definition) is 1. The van der Waals surface area contributed by atoms with Gasteiger partial charge in [0.2, 0.25) is 11.8 Å². The Bertz CT molecular complexity index is 1500. The first-order valence-electron chi connectivity index (χ1n) is 12.3. The van der Waals surface area contributed by atoms with Crippen LogP contribution in [0.3, 0.4) is 0 Å². The molecule has 1 atom stereocenters. The molecule has 39 heavy (non-hydrogen) atoms. The molecule has 8 nitrogen and oxygen atoms in total. The summed E-state index contributed by atoms with van der Waals surface area (Å²) in [5.74, 6) is -1.89. The smallest absolute Gasteiger partial charge is 0.269 e. The van der Waals surface area contributed by atoms with Crippen LogP contribution in [0.4, 0.5) is 0 Å². The second kappa shape index (κ2) is 12.2. The summed E-state index contributed by atoms with van der Waals surface area (Å²) in [6.45, 7) is 1.48. The topological polar surface area (TPSA) is 104 Å². The average molecular weight is 589 g/mol. The molecule has 0 radical (unpaired) electrons. The lowest BCUT2D eigenvalue weighted by molar-refractivity contribution is -0.141. The number of carbonyl (C=O) groups is 3. The number of carbonyl (C=O) groups excluding carboxylic acids is 3. The number of benzene rings is 3. The number of sulfonamides is 1. The number of amides is 3. The molecule has 1 aliphatic heterocycles. The van der Waals surface area contributed by atoms with E-state index < -0.39 is 40.3 Å². The number of rotatable bonds is 10. The van der Waals surface area contributed by atoms with Crippen LogP contribution < -0.4 is 5.32 Å². The first-order valence-corrected chi connectivity index (χ1v) is 14.5. The maximum absolute atomic E-state index is 13.9. The number of nitrogens with zero attached hydrogens (tertiary/aromatic N) is 2. The molecular weight excluding hydrogens is 561 g/mol. The van der Waals surface area contributed by atoms with Crippen LogP contribution >= 0.6 is 23.2 Å². The zero-order valence-electron chi connectivity index (χ0n) is 21.1. The highest BCUT2D eigenvalue weighted by Gasteiger charge is 2.43. The Morgan fingerprint density at radius 1 is 0.949 bits per heavy atom. The normalized spacial score (nSPS) is 14.5. The van der Waals surface area contributed by atoms with Crippen molar-refractivity contribution >= 4 is 50.9 Å². The second-order valence-electron chi connectivity index (χ2n) is 9.08. The zero-order valence-corrected chi connectivity index (χ0v) is 23.5. The molecule has 0 spiro atoms. The number of hydrogen-bond acceptors (Lipinski definition) is 5. The molecule has 0 bridgehead atoms. The van der Waals surface area contributed by atoms with Gasteiger partial charge in [-0.2, -0.15) is 0 Å². The highest BCUT2D eigenvalue weighted by molar-refractivity contribution is 7.90. The lowest BCUT2D eigenvalue weighted by atomic mass is 10.0. The Balaban J connectivity index is 1.72. The SMILES string of the molecule is CCCNC(=O)C(Cc1ccccc1)N(Cc1ccc(Cl)c(Cl)c1)C(=O)CN1C(=O)c2ccccc2S1(=O)=O. The molecule has 0 saturated carbocycles. The second-order valence-corrected chi connectivity index (χ2v) is 11.7. The number of fused-ring (bicyclic) bond motifs is 1. The van der Waals surface area contributed by atoms with Crippen LogP contribution in [0, 0.1) is 0 Å². The molecule has 3 aromatic rings. The van der Waals surface area contributed by atoms with Crippen LogP contribution in [-0.2, 0) is 32.6 Å². The van der Waals surface area contributed by atoms with Gasteiger partial charge < -0.3 is 10.2 Å². The van der Waals surface area contributed by atoms with Gasteiger partial charge in [0.1, 0.15) is 17.5 Å². The quantitative estimate of drug-likeness (QED) is 0.381. The van der Waals surface area contributed by atoms with Crippen LogP contribution in [-0.4, -0.2) is 54.5 Å². The molecule has 3 amide bonds. The van der Waals surface area contributed by atoms with Crippen molar-refractivity contribution in [1.29, 1.82) is 0 Å². The Morgan fingerprint density at radius 2 is 1.64 bits per heavy atom. The molecule has 1 heterocycles. The van der Waals surface area contributed by atoms with E-state index in [1.165, 1.54) is 23.1 Å². The largest absolute Gasteiger partial charge is 0.354 e. The summed E-state index contributed by atoms with van der Waals surface area (Å²) in [5, 5.41) is 3.44. The standard InChI is InChI=1S/C28H27Cl2N3O5S/c1-2-14-31-27(35)24(16-19-8-4-3-5-9-19)32(17-20-12-13-22(29)23(30)15-20)26(34)18-33-28(36)21-10-6-7-11-25(21)39(33,37)38/h3-13,15,24H,2,14,16-18H2,1H3,(H,31,35). The van der Waals surface area contributed by atoms with Crippen LogP contribution in [0.25, 0.3) is 0 Å². The summed E-state index contributed by atoms with van der Waals surface area (Å²) in [6, 6.07) is 18.8. The van der Waals surface area contributed by atoms with Gasteiger partial charge in [-0.25, -0.2) is 12.7 Å². The van der Waals surface area contributed by atoms with Crippen molar-refractivity contribution < 1.29 is 22.8 Å². The lowest BCUT2D eigenvalue weighted by Crippen LogP contribution is -2.53. The van der Waals surface area contributed by atoms with Crippen molar-refractivity contribution in [2.45, 2.75) is 37.2 Å². The molecule has 0 aliphatic carbocycles. The summed E-state index contributed by atoms with van der Waals surface area (Å²) in [6.07, 6.45) is 0.855. The molecule has 204 valence electrons. The minimum absolute atomic E-state index is 0.00265. The summed E-state index contributed by atoms with van der Waals surface area (Å²) >= 11 is 12.3. The molecular formula is C28H27Cl2N3O5S. The predicted molar refractivity (Wildman–Crippen MR) is 149 cm³/mol. The maximum Gasteiger partial charge on any atom is 0.269 e. The molecule has 0 aromatic heterocycles. The van der Waals surface area contributed by atoms with Gasteiger partial charge in [0.25, 0.3) is 15.9 Å². The fourth-order valence-corrected chi connectivity index (χ4v) is 6.19. The monoisotopic (exact) mass is 587 g/mol. The molecule has 1 unspecified atom stereocenters. The number of halogens is 2. The van der Waals surface area contributed by atoms with Crippen molar-refractivity contribution in [3.8, 4) is 0 Å². The summed E-state index contributed by atoms with van der Waals surface area (Å²) in [5.41, 5.74) is 1.39. The van der Waals surface area contributed by atoms with E-state index in [9.17, 15) is 22.8 Å². The minimum atomic E-state index is -4.23. The average Bonchev–Trinajstić information content (AvgIpc) is 3.12. The Hall–Kier alpha value is -3.40. The van der Waals surface area contributed by atoms with E-state index in [0.29, 0.717) is 27.9 Å². The van der Waals surface area contributed by atoms with Gasteiger partial charge in [0.05, 0.1) is 15.6 Å². The third-order valence-corrected chi connectivity index (χ3v) is 8.87. The molecule has 0 saturated heterocycles. The van der Waals surface area contributed by atoms with Crippen molar-refractivity contribution in [2.24, 2.45) is 0 Å². The molecule has 1 N–H and O–H groups in total. The highest BCUT2D eigenvalue weighted by Crippen LogP contribution is 2.30. The first kappa shape index (κ1) is 28.6. The predicted octanol–water partition coefficient (Wildman–Crippen LogP) is 4.30. The minimum Gasteiger partial charge on any atom is -0.354 e. The third kappa shape index (κ3) is 6.27.